The molecule has 0 unspecified atom stereocenters. The van der Waals surface area contributed by atoms with Crippen LogP contribution in [0.2, 0.25) is 0 Å². The Morgan fingerprint density at radius 1 is 1.07 bits per heavy atom. The molecule has 0 saturated carbocycles. The Hall–Kier alpha value is -3.69. The van der Waals surface area contributed by atoms with Crippen LogP contribution >= 0.6 is 0 Å². The van der Waals surface area contributed by atoms with Crippen molar-refractivity contribution in [2.45, 2.75) is 19.1 Å². The summed E-state index contributed by atoms with van der Waals surface area (Å²) in [5, 5.41) is 15.8. The van der Waals surface area contributed by atoms with E-state index in [1.807, 2.05) is 0 Å². The lowest BCUT2D eigenvalue weighted by Crippen LogP contribution is -2.34. The Morgan fingerprint density at radius 3 is 2.21 bits per heavy atom. The van der Waals surface area contributed by atoms with Gasteiger partial charge >= 0.3 is 12.1 Å². The summed E-state index contributed by atoms with van der Waals surface area (Å²) >= 11 is 0. The molecule has 0 bridgehead atoms. The van der Waals surface area contributed by atoms with Gasteiger partial charge in [-0.2, -0.15) is 18.3 Å². The van der Waals surface area contributed by atoms with E-state index in [9.17, 15) is 32.7 Å². The molecule has 0 aliphatic heterocycles. The number of amides is 1. The number of alkyl halides is 3. The van der Waals surface area contributed by atoms with Gasteiger partial charge in [-0.05, 0) is 37.3 Å². The predicted molar refractivity (Wildman–Crippen MR) is 97.7 cm³/mol. The Kier molecular flexibility index (Phi) is 5.10. The first kappa shape index (κ1) is 20.1. The summed E-state index contributed by atoms with van der Waals surface area (Å²) < 4.78 is 38.6. The molecule has 1 aromatic heterocycles. The number of halogens is 3. The molecule has 3 rings (SSSR count). The number of fused-ring (bicyclic) bond motifs is 1. The van der Waals surface area contributed by atoms with E-state index >= 15 is 0 Å². The van der Waals surface area contributed by atoms with Crippen molar-refractivity contribution < 1.29 is 27.9 Å². The Balaban J connectivity index is 1.94. The molecule has 0 fully saturated rings. The fraction of sp³-hybridized carbons (Fsp3) is 0.158. The van der Waals surface area contributed by atoms with Gasteiger partial charge in [-0.15, -0.1) is 0 Å². The average Bonchev–Trinajstić information content (AvgIpc) is 2.67. The van der Waals surface area contributed by atoms with Crippen LogP contribution < -0.4 is 10.9 Å². The Morgan fingerprint density at radius 2 is 1.66 bits per heavy atom. The highest BCUT2D eigenvalue weighted by Crippen LogP contribution is 2.30. The van der Waals surface area contributed by atoms with Crippen molar-refractivity contribution in [3.05, 3.63) is 70.1 Å². The SMILES string of the molecule is C[C@@H](C(=O)Nc1ccc(C(F)(F)F)cc1)n1nc(C(=O)O)c2ccccc2c1=O. The number of hydrogen-bond acceptors (Lipinski definition) is 4. The molecule has 2 N–H and O–H groups in total. The number of nitrogens with zero attached hydrogens (tertiary/aromatic N) is 2. The number of aromatic carboxylic acids is 1. The zero-order valence-electron chi connectivity index (χ0n) is 14.9. The van der Waals surface area contributed by atoms with Crippen LogP contribution in [0, 0.1) is 0 Å². The molecule has 0 aliphatic rings. The van der Waals surface area contributed by atoms with Gasteiger partial charge in [-0.25, -0.2) is 9.48 Å². The molecule has 7 nitrogen and oxygen atoms in total. The molecule has 2 aromatic carbocycles. The highest BCUT2D eigenvalue weighted by molar-refractivity contribution is 6.01. The number of aromatic nitrogens is 2. The van der Waals surface area contributed by atoms with Crippen molar-refractivity contribution in [2.75, 3.05) is 5.32 Å². The van der Waals surface area contributed by atoms with Gasteiger partial charge in [0.2, 0.25) is 5.91 Å². The van der Waals surface area contributed by atoms with Gasteiger partial charge in [-0.3, -0.25) is 9.59 Å². The van der Waals surface area contributed by atoms with E-state index < -0.39 is 40.9 Å². The Bertz CT molecular complexity index is 1150. The number of hydrogen-bond donors (Lipinski definition) is 2. The number of nitrogens with one attached hydrogen (secondary N) is 1. The molecule has 0 saturated heterocycles. The van der Waals surface area contributed by atoms with Crippen LogP contribution in [0.4, 0.5) is 18.9 Å². The quantitative estimate of drug-likeness (QED) is 0.694. The minimum atomic E-state index is -4.51. The molecule has 0 aliphatic carbocycles. The van der Waals surface area contributed by atoms with Crippen LogP contribution in [-0.4, -0.2) is 26.8 Å². The zero-order valence-corrected chi connectivity index (χ0v) is 14.9. The van der Waals surface area contributed by atoms with Crippen molar-refractivity contribution in [3.8, 4) is 0 Å². The second-order valence-electron chi connectivity index (χ2n) is 6.19. The zero-order chi connectivity index (χ0) is 21.3. The van der Waals surface area contributed by atoms with Crippen LogP contribution in [-0.2, 0) is 11.0 Å². The molecule has 150 valence electrons. The molecule has 1 heterocycles. The number of carboxylic acid groups (broad SMARTS) is 1. The molecule has 3 aromatic rings. The summed E-state index contributed by atoms with van der Waals surface area (Å²) in [7, 11) is 0. The molecule has 29 heavy (non-hydrogen) atoms. The monoisotopic (exact) mass is 405 g/mol. The third kappa shape index (κ3) is 3.96. The first-order chi connectivity index (χ1) is 13.6. The first-order valence-corrected chi connectivity index (χ1v) is 8.32. The largest absolute Gasteiger partial charge is 0.476 e. The smallest absolute Gasteiger partial charge is 0.416 e. The summed E-state index contributed by atoms with van der Waals surface area (Å²) in [6.45, 7) is 1.33. The van der Waals surface area contributed by atoms with E-state index in [-0.39, 0.29) is 16.5 Å². The normalized spacial score (nSPS) is 12.6. The van der Waals surface area contributed by atoms with Crippen LogP contribution in [0.3, 0.4) is 0 Å². The van der Waals surface area contributed by atoms with Crippen LogP contribution in [0.1, 0.15) is 29.0 Å². The van der Waals surface area contributed by atoms with Crippen molar-refractivity contribution in [2.24, 2.45) is 0 Å². The maximum Gasteiger partial charge on any atom is 0.416 e. The third-order valence-corrected chi connectivity index (χ3v) is 4.26. The standard InChI is InChI=1S/C19H14F3N3O4/c1-10(16(26)23-12-8-6-11(7-9-12)19(20,21)22)25-17(27)14-5-3-2-4-13(14)15(24-25)18(28)29/h2-10H,1H3,(H,23,26)(H,28,29)/t10-/m0/s1. The summed E-state index contributed by atoms with van der Waals surface area (Å²) in [6, 6.07) is 8.51. The van der Waals surface area contributed by atoms with Crippen molar-refractivity contribution in [3.63, 3.8) is 0 Å². The van der Waals surface area contributed by atoms with E-state index in [1.165, 1.54) is 19.1 Å². The van der Waals surface area contributed by atoms with Gasteiger partial charge in [-0.1, -0.05) is 18.2 Å². The van der Waals surface area contributed by atoms with E-state index in [2.05, 4.69) is 10.4 Å². The van der Waals surface area contributed by atoms with Gasteiger partial charge < -0.3 is 10.4 Å². The average molecular weight is 405 g/mol. The lowest BCUT2D eigenvalue weighted by molar-refractivity contribution is -0.137. The van der Waals surface area contributed by atoms with Crippen LogP contribution in [0.15, 0.2) is 53.3 Å². The molecule has 1 amide bonds. The topological polar surface area (TPSA) is 101 Å². The fourth-order valence-electron chi connectivity index (χ4n) is 2.73. The molecular formula is C19H14F3N3O4. The highest BCUT2D eigenvalue weighted by atomic mass is 19.4. The number of anilines is 1. The lowest BCUT2D eigenvalue weighted by atomic mass is 10.1. The molecule has 1 atom stereocenters. The van der Waals surface area contributed by atoms with Crippen molar-refractivity contribution >= 4 is 28.3 Å². The second kappa shape index (κ2) is 7.38. The predicted octanol–water partition coefficient (Wildman–Crippen LogP) is 3.31. The van der Waals surface area contributed by atoms with Gasteiger partial charge in [0.15, 0.2) is 5.69 Å². The number of benzene rings is 2. The van der Waals surface area contributed by atoms with Crippen molar-refractivity contribution in [1.29, 1.82) is 0 Å². The maximum atomic E-state index is 12.7. The van der Waals surface area contributed by atoms with E-state index in [0.717, 1.165) is 28.9 Å². The van der Waals surface area contributed by atoms with Crippen LogP contribution in [0.5, 0.6) is 0 Å². The Labute approximate surface area is 161 Å². The molecule has 0 radical (unpaired) electrons. The number of carbonyl (C=O) groups is 2. The van der Waals surface area contributed by atoms with Gasteiger partial charge in [0, 0.05) is 11.1 Å². The summed E-state index contributed by atoms with van der Waals surface area (Å²) in [5.41, 5.74) is -1.85. The fourth-order valence-corrected chi connectivity index (χ4v) is 2.73. The minimum absolute atomic E-state index is 0.0779. The second-order valence-corrected chi connectivity index (χ2v) is 6.19. The number of carbonyl (C=O) groups excluding carboxylic acids is 1. The summed E-state index contributed by atoms with van der Waals surface area (Å²) in [4.78, 5) is 36.6. The van der Waals surface area contributed by atoms with Crippen LogP contribution in [0.25, 0.3) is 10.8 Å². The minimum Gasteiger partial charge on any atom is -0.476 e. The van der Waals surface area contributed by atoms with Gasteiger partial charge in [0.1, 0.15) is 6.04 Å². The summed E-state index contributed by atoms with van der Waals surface area (Å²) in [6.07, 6.45) is -4.51. The highest BCUT2D eigenvalue weighted by Gasteiger charge is 2.30. The number of rotatable bonds is 4. The third-order valence-electron chi connectivity index (χ3n) is 4.26. The van der Waals surface area contributed by atoms with E-state index in [0.29, 0.717) is 0 Å². The summed E-state index contributed by atoms with van der Waals surface area (Å²) in [5.74, 6) is -2.11. The van der Waals surface area contributed by atoms with E-state index in [4.69, 9.17) is 0 Å². The number of carboxylic acids is 1. The van der Waals surface area contributed by atoms with Gasteiger partial charge in [0.25, 0.3) is 5.56 Å². The maximum absolute atomic E-state index is 12.7. The molecule has 0 spiro atoms. The molecule has 10 heteroatoms. The van der Waals surface area contributed by atoms with Crippen molar-refractivity contribution in [1.82, 2.24) is 9.78 Å². The van der Waals surface area contributed by atoms with Gasteiger partial charge in [0.05, 0.1) is 10.9 Å². The molecular weight excluding hydrogens is 391 g/mol. The first-order valence-electron chi connectivity index (χ1n) is 8.32. The van der Waals surface area contributed by atoms with E-state index in [1.54, 1.807) is 12.1 Å². The lowest BCUT2D eigenvalue weighted by Gasteiger charge is -2.16.